The molecule has 0 aliphatic rings. The summed E-state index contributed by atoms with van der Waals surface area (Å²) in [6.45, 7) is 5.81. The van der Waals surface area contributed by atoms with Gasteiger partial charge in [-0.25, -0.2) is 0 Å². The third kappa shape index (κ3) is 11.6. The van der Waals surface area contributed by atoms with Crippen molar-refractivity contribution in [3.05, 3.63) is 44.4 Å². The van der Waals surface area contributed by atoms with Crippen molar-refractivity contribution in [2.24, 2.45) is 5.16 Å². The maximum atomic E-state index is 5.97. The van der Waals surface area contributed by atoms with E-state index < -0.39 is 0 Å². The molecule has 0 saturated carbocycles. The summed E-state index contributed by atoms with van der Waals surface area (Å²) in [5.41, 5.74) is 2.14. The van der Waals surface area contributed by atoms with E-state index in [1.165, 1.54) is 12.3 Å². The maximum absolute atomic E-state index is 5.97. The summed E-state index contributed by atoms with van der Waals surface area (Å²) in [6, 6.07) is 3.94. The Morgan fingerprint density at radius 2 is 1.48 bits per heavy atom. The highest BCUT2D eigenvalue weighted by Gasteiger charge is 2.11. The number of ether oxygens (including phenoxy) is 3. The van der Waals surface area contributed by atoms with Crippen molar-refractivity contribution in [2.75, 3.05) is 33.0 Å². The van der Waals surface area contributed by atoms with Crippen LogP contribution in [-0.2, 0) is 22.4 Å². The van der Waals surface area contributed by atoms with Crippen LogP contribution in [0.3, 0.4) is 0 Å². The van der Waals surface area contributed by atoms with Gasteiger partial charge < -0.3 is 19.0 Å². The van der Waals surface area contributed by atoms with Crippen molar-refractivity contribution in [3.8, 4) is 11.5 Å². The van der Waals surface area contributed by atoms with Gasteiger partial charge in [0.15, 0.2) is 0 Å². The molecular formula is C20H25Cl4NO4. The molecule has 0 spiro atoms. The quantitative estimate of drug-likeness (QED) is 0.178. The minimum Gasteiger partial charge on any atom is -0.491 e. The molecular weight excluding hydrogens is 460 g/mol. The Morgan fingerprint density at radius 3 is 2.07 bits per heavy atom. The van der Waals surface area contributed by atoms with Gasteiger partial charge in [0.05, 0.1) is 19.4 Å². The first kappa shape index (κ1) is 25.9. The van der Waals surface area contributed by atoms with Crippen molar-refractivity contribution in [3.63, 3.8) is 0 Å². The zero-order valence-electron chi connectivity index (χ0n) is 16.4. The van der Waals surface area contributed by atoms with Crippen molar-refractivity contribution in [1.29, 1.82) is 0 Å². The molecule has 0 radical (unpaired) electrons. The Bertz CT molecular complexity index is 675. The minimum absolute atomic E-state index is 0.141. The third-order valence-corrected chi connectivity index (χ3v) is 4.21. The minimum atomic E-state index is 0.141. The number of benzene rings is 1. The Labute approximate surface area is 192 Å². The summed E-state index contributed by atoms with van der Waals surface area (Å²) < 4.78 is 17.4. The summed E-state index contributed by atoms with van der Waals surface area (Å²) >= 11 is 22.1. The summed E-state index contributed by atoms with van der Waals surface area (Å²) in [5.74, 6) is 1.63. The zero-order chi connectivity index (χ0) is 21.5. The largest absolute Gasteiger partial charge is 0.491 e. The first-order valence-electron chi connectivity index (χ1n) is 9.13. The predicted octanol–water partition coefficient (Wildman–Crippen LogP) is 6.23. The molecule has 0 bridgehead atoms. The Balaban J connectivity index is 2.49. The van der Waals surface area contributed by atoms with E-state index in [9.17, 15) is 0 Å². The summed E-state index contributed by atoms with van der Waals surface area (Å²) in [4.78, 5) is 4.92. The van der Waals surface area contributed by atoms with Crippen LogP contribution < -0.4 is 9.47 Å². The van der Waals surface area contributed by atoms with E-state index in [-0.39, 0.29) is 15.6 Å². The average Bonchev–Trinajstić information content (AvgIpc) is 2.68. The second-order valence-corrected chi connectivity index (χ2v) is 7.60. The smallest absolute Gasteiger partial charge is 0.138 e. The van der Waals surface area contributed by atoms with Crippen LogP contribution in [-0.4, -0.2) is 39.2 Å². The molecule has 5 nitrogen and oxygen atoms in total. The lowest BCUT2D eigenvalue weighted by Gasteiger charge is -2.17. The molecule has 0 amide bonds. The topological polar surface area (TPSA) is 49.3 Å². The van der Waals surface area contributed by atoms with Gasteiger partial charge in [-0.05, 0) is 48.3 Å². The molecule has 0 atom stereocenters. The average molecular weight is 485 g/mol. The van der Waals surface area contributed by atoms with Crippen molar-refractivity contribution < 1.29 is 19.0 Å². The molecule has 1 aromatic carbocycles. The van der Waals surface area contributed by atoms with Gasteiger partial charge in [-0.1, -0.05) is 65.4 Å². The number of halogens is 4. The van der Waals surface area contributed by atoms with E-state index in [0.717, 1.165) is 35.5 Å². The van der Waals surface area contributed by atoms with Crippen LogP contribution in [0.15, 0.2) is 38.4 Å². The molecule has 29 heavy (non-hydrogen) atoms. The number of rotatable bonds is 14. The number of nitrogens with zero attached hydrogens (tertiary/aromatic N) is 1. The Hall–Kier alpha value is -1.11. The van der Waals surface area contributed by atoms with Gasteiger partial charge in [-0.2, -0.15) is 0 Å². The lowest BCUT2D eigenvalue weighted by atomic mass is 10.0. The molecule has 0 saturated heterocycles. The molecule has 1 aromatic rings. The van der Waals surface area contributed by atoms with E-state index in [1.807, 2.05) is 12.1 Å². The van der Waals surface area contributed by atoms with Gasteiger partial charge in [0, 0.05) is 0 Å². The number of oxime groups is 1. The highest BCUT2D eigenvalue weighted by molar-refractivity contribution is 6.56. The van der Waals surface area contributed by atoms with Crippen LogP contribution in [0.25, 0.3) is 0 Å². The number of aryl methyl sites for hydroxylation is 2. The lowest BCUT2D eigenvalue weighted by Crippen LogP contribution is -2.10. The normalized spacial score (nSPS) is 10.7. The Morgan fingerprint density at radius 1 is 0.862 bits per heavy atom. The SMILES string of the molecule is CCc1cc(OCC=C(Cl)Cl)cc(CC)c1OCCOCC=NOCC=C(Cl)Cl. The van der Waals surface area contributed by atoms with Crippen LogP contribution in [0.1, 0.15) is 25.0 Å². The van der Waals surface area contributed by atoms with Crippen LogP contribution in [0, 0.1) is 0 Å². The zero-order valence-corrected chi connectivity index (χ0v) is 19.5. The molecule has 0 heterocycles. The highest BCUT2D eigenvalue weighted by atomic mass is 35.5. The van der Waals surface area contributed by atoms with Gasteiger partial charge in [0.2, 0.25) is 0 Å². The fraction of sp³-hybridized carbons (Fsp3) is 0.450. The fourth-order valence-electron chi connectivity index (χ4n) is 2.28. The van der Waals surface area contributed by atoms with E-state index in [0.29, 0.717) is 26.4 Å². The molecule has 0 unspecified atom stereocenters. The molecule has 9 heteroatoms. The first-order chi connectivity index (χ1) is 14.0. The van der Waals surface area contributed by atoms with Crippen LogP contribution in [0.4, 0.5) is 0 Å². The fourth-order valence-corrected chi connectivity index (χ4v) is 2.53. The Kier molecular flexibility index (Phi) is 14.0. The molecule has 0 N–H and O–H groups in total. The first-order valence-corrected chi connectivity index (χ1v) is 10.6. The molecule has 0 aliphatic heterocycles. The molecule has 0 aromatic heterocycles. The monoisotopic (exact) mass is 483 g/mol. The molecule has 1 rings (SSSR count). The third-order valence-electron chi connectivity index (χ3n) is 3.59. The molecule has 0 aliphatic carbocycles. The second kappa shape index (κ2) is 15.7. The van der Waals surface area contributed by atoms with Gasteiger partial charge in [-0.3, -0.25) is 0 Å². The van der Waals surface area contributed by atoms with Gasteiger partial charge >= 0.3 is 0 Å². The van der Waals surface area contributed by atoms with E-state index >= 15 is 0 Å². The van der Waals surface area contributed by atoms with Crippen LogP contribution >= 0.6 is 46.4 Å². The highest BCUT2D eigenvalue weighted by Crippen LogP contribution is 2.31. The lowest BCUT2D eigenvalue weighted by molar-refractivity contribution is 0.123. The summed E-state index contributed by atoms with van der Waals surface area (Å²) in [6.07, 6.45) is 6.24. The van der Waals surface area contributed by atoms with Crippen molar-refractivity contribution in [2.45, 2.75) is 26.7 Å². The molecule has 162 valence electrons. The predicted molar refractivity (Wildman–Crippen MR) is 121 cm³/mol. The van der Waals surface area contributed by atoms with Crippen LogP contribution in [0.5, 0.6) is 11.5 Å². The van der Waals surface area contributed by atoms with E-state index in [2.05, 4.69) is 19.0 Å². The van der Waals surface area contributed by atoms with Crippen molar-refractivity contribution >= 4 is 52.6 Å². The van der Waals surface area contributed by atoms with Crippen molar-refractivity contribution in [1.82, 2.24) is 0 Å². The molecule has 0 fully saturated rings. The summed E-state index contributed by atoms with van der Waals surface area (Å²) in [7, 11) is 0. The van der Waals surface area contributed by atoms with E-state index in [4.69, 9.17) is 65.5 Å². The summed E-state index contributed by atoms with van der Waals surface area (Å²) in [5, 5.41) is 3.71. The number of hydrogen-bond donors (Lipinski definition) is 0. The van der Waals surface area contributed by atoms with Gasteiger partial charge in [-0.15, -0.1) is 0 Å². The standard InChI is InChI=1S/C20H25Cl4NO4/c1-3-15-13-17(27-8-5-18(21)22)14-16(4-2)20(15)28-12-11-26-10-7-25-29-9-6-19(23)24/h5-7,13-14H,3-4,8-12H2,1-2H3. The van der Waals surface area contributed by atoms with Gasteiger partial charge in [0.25, 0.3) is 0 Å². The maximum Gasteiger partial charge on any atom is 0.138 e. The second-order valence-electron chi connectivity index (χ2n) is 5.58. The van der Waals surface area contributed by atoms with E-state index in [1.54, 1.807) is 6.08 Å². The van der Waals surface area contributed by atoms with Crippen LogP contribution in [0.2, 0.25) is 0 Å². The number of hydrogen-bond acceptors (Lipinski definition) is 5. The van der Waals surface area contributed by atoms with Gasteiger partial charge in [0.1, 0.15) is 40.3 Å².